The molecule has 2 aromatic rings. The predicted molar refractivity (Wildman–Crippen MR) is 72.0 cm³/mol. The number of rotatable bonds is 5. The van der Waals surface area contributed by atoms with Crippen molar-refractivity contribution in [3.05, 3.63) is 59.0 Å². The molecule has 1 aromatic heterocycles. The van der Waals surface area contributed by atoms with Crippen molar-refractivity contribution in [1.29, 1.82) is 0 Å². The average molecular weight is 259 g/mol. The Morgan fingerprint density at radius 3 is 2.58 bits per heavy atom. The van der Waals surface area contributed by atoms with Crippen molar-refractivity contribution in [2.75, 3.05) is 7.05 Å². The molecule has 0 amide bonds. The Morgan fingerprint density at radius 1 is 1.21 bits per heavy atom. The lowest BCUT2D eigenvalue weighted by atomic mass is 10.1. The number of benzene rings is 1. The van der Waals surface area contributed by atoms with Gasteiger partial charge >= 0.3 is 5.97 Å². The summed E-state index contributed by atoms with van der Waals surface area (Å²) in [5.74, 6) is 0.875. The van der Waals surface area contributed by atoms with Crippen molar-refractivity contribution in [1.82, 2.24) is 4.90 Å². The minimum Gasteiger partial charge on any atom is -0.478 e. The molecule has 19 heavy (non-hydrogen) atoms. The third-order valence-electron chi connectivity index (χ3n) is 2.91. The average Bonchev–Trinajstić information content (AvgIpc) is 2.75. The maximum Gasteiger partial charge on any atom is 0.336 e. The lowest BCUT2D eigenvalue weighted by Gasteiger charge is -2.16. The van der Waals surface area contributed by atoms with Crippen LogP contribution in [0.4, 0.5) is 0 Å². The second-order valence-electron chi connectivity index (χ2n) is 4.65. The van der Waals surface area contributed by atoms with E-state index in [1.807, 2.05) is 43.1 Å². The number of furan rings is 1. The fourth-order valence-corrected chi connectivity index (χ4v) is 2.05. The number of nitrogens with zero attached hydrogens (tertiary/aromatic N) is 1. The fourth-order valence-electron chi connectivity index (χ4n) is 2.05. The first kappa shape index (κ1) is 13.4. The van der Waals surface area contributed by atoms with Gasteiger partial charge < -0.3 is 9.52 Å². The molecule has 1 N–H and O–H groups in total. The van der Waals surface area contributed by atoms with E-state index in [1.54, 1.807) is 12.1 Å². The maximum absolute atomic E-state index is 11.1. The third-order valence-corrected chi connectivity index (χ3v) is 2.91. The molecule has 100 valence electrons. The van der Waals surface area contributed by atoms with E-state index < -0.39 is 5.97 Å². The summed E-state index contributed by atoms with van der Waals surface area (Å²) in [4.78, 5) is 13.2. The Hall–Kier alpha value is -2.07. The zero-order valence-corrected chi connectivity index (χ0v) is 11.1. The normalized spacial score (nSPS) is 10.9. The van der Waals surface area contributed by atoms with E-state index in [9.17, 15) is 4.79 Å². The van der Waals surface area contributed by atoms with Crippen LogP contribution in [0.25, 0.3) is 0 Å². The van der Waals surface area contributed by atoms with Gasteiger partial charge in [-0.3, -0.25) is 4.90 Å². The summed E-state index contributed by atoms with van der Waals surface area (Å²) in [6.45, 7) is 3.13. The molecule has 0 aliphatic rings. The van der Waals surface area contributed by atoms with Crippen LogP contribution in [0.5, 0.6) is 0 Å². The lowest BCUT2D eigenvalue weighted by Crippen LogP contribution is -2.18. The van der Waals surface area contributed by atoms with Crippen LogP contribution in [0.1, 0.15) is 27.4 Å². The minimum atomic E-state index is -0.891. The molecule has 0 fully saturated rings. The lowest BCUT2D eigenvalue weighted by molar-refractivity contribution is 0.0694. The molecule has 0 radical (unpaired) electrons. The maximum atomic E-state index is 11.1. The highest BCUT2D eigenvalue weighted by molar-refractivity contribution is 5.89. The van der Waals surface area contributed by atoms with E-state index >= 15 is 0 Å². The molecular weight excluding hydrogens is 242 g/mol. The molecule has 1 heterocycles. The van der Waals surface area contributed by atoms with Gasteiger partial charge in [0.05, 0.1) is 12.1 Å². The summed E-state index contributed by atoms with van der Waals surface area (Å²) in [7, 11) is 1.94. The fraction of sp³-hybridized carbons (Fsp3) is 0.267. The Kier molecular flexibility index (Phi) is 4.02. The number of aryl methyl sites for hydroxylation is 1. The van der Waals surface area contributed by atoms with Crippen LogP contribution < -0.4 is 0 Å². The summed E-state index contributed by atoms with van der Waals surface area (Å²) in [6, 6.07) is 10.9. The van der Waals surface area contributed by atoms with E-state index in [0.717, 1.165) is 17.1 Å². The molecule has 0 saturated carbocycles. The van der Waals surface area contributed by atoms with Crippen LogP contribution in [0.3, 0.4) is 0 Å². The van der Waals surface area contributed by atoms with Crippen molar-refractivity contribution in [3.8, 4) is 0 Å². The molecular formula is C15H17NO3. The number of hydrogen-bond donors (Lipinski definition) is 1. The first-order valence-corrected chi connectivity index (χ1v) is 6.11. The highest BCUT2D eigenvalue weighted by Crippen LogP contribution is 2.14. The van der Waals surface area contributed by atoms with E-state index in [1.165, 1.54) is 0 Å². The van der Waals surface area contributed by atoms with E-state index in [4.69, 9.17) is 9.52 Å². The highest BCUT2D eigenvalue weighted by atomic mass is 16.4. The Balaban J connectivity index is 2.06. The van der Waals surface area contributed by atoms with Gasteiger partial charge in [-0.1, -0.05) is 18.2 Å². The van der Waals surface area contributed by atoms with Gasteiger partial charge in [0.25, 0.3) is 0 Å². The van der Waals surface area contributed by atoms with Gasteiger partial charge in [0.15, 0.2) is 0 Å². The monoisotopic (exact) mass is 259 g/mol. The van der Waals surface area contributed by atoms with Gasteiger partial charge in [-0.15, -0.1) is 0 Å². The van der Waals surface area contributed by atoms with Gasteiger partial charge in [-0.05, 0) is 37.7 Å². The topological polar surface area (TPSA) is 53.7 Å². The molecule has 0 saturated heterocycles. The summed E-state index contributed by atoms with van der Waals surface area (Å²) >= 11 is 0. The Labute approximate surface area is 112 Å². The number of carboxylic acids is 1. The zero-order chi connectivity index (χ0) is 13.8. The van der Waals surface area contributed by atoms with Gasteiger partial charge in [0.1, 0.15) is 11.5 Å². The van der Waals surface area contributed by atoms with Crippen molar-refractivity contribution in [3.63, 3.8) is 0 Å². The van der Waals surface area contributed by atoms with Crippen molar-refractivity contribution in [2.45, 2.75) is 20.0 Å². The molecule has 0 spiro atoms. The number of aromatic carboxylic acids is 1. The van der Waals surface area contributed by atoms with Crippen LogP contribution in [0.15, 0.2) is 40.8 Å². The van der Waals surface area contributed by atoms with Crippen LogP contribution in [-0.2, 0) is 13.1 Å². The van der Waals surface area contributed by atoms with Crippen LogP contribution in [0, 0.1) is 6.92 Å². The Bertz CT molecular complexity index is 574. The molecule has 0 unspecified atom stereocenters. The van der Waals surface area contributed by atoms with Gasteiger partial charge in [0, 0.05) is 6.54 Å². The van der Waals surface area contributed by atoms with Crippen LogP contribution >= 0.6 is 0 Å². The SMILES string of the molecule is Cc1ccc(CN(C)Cc2ccccc2C(=O)O)o1. The van der Waals surface area contributed by atoms with Crippen molar-refractivity contribution < 1.29 is 14.3 Å². The third kappa shape index (κ3) is 3.45. The predicted octanol–water partition coefficient (Wildman–Crippen LogP) is 2.92. The van der Waals surface area contributed by atoms with E-state index in [2.05, 4.69) is 0 Å². The largest absolute Gasteiger partial charge is 0.478 e. The van der Waals surface area contributed by atoms with Crippen LogP contribution in [0.2, 0.25) is 0 Å². The minimum absolute atomic E-state index is 0.352. The summed E-state index contributed by atoms with van der Waals surface area (Å²) in [5, 5.41) is 9.13. The second kappa shape index (κ2) is 5.71. The quantitative estimate of drug-likeness (QED) is 0.897. The van der Waals surface area contributed by atoms with Crippen molar-refractivity contribution >= 4 is 5.97 Å². The number of carbonyl (C=O) groups is 1. The second-order valence-corrected chi connectivity index (χ2v) is 4.65. The molecule has 0 aliphatic heterocycles. The molecule has 0 atom stereocenters. The molecule has 0 bridgehead atoms. The standard InChI is InChI=1S/C15H17NO3/c1-11-7-8-13(19-11)10-16(2)9-12-5-3-4-6-14(12)15(17)18/h3-8H,9-10H2,1-2H3,(H,17,18). The van der Waals surface area contributed by atoms with Gasteiger partial charge in [0.2, 0.25) is 0 Å². The first-order chi connectivity index (χ1) is 9.06. The summed E-state index contributed by atoms with van der Waals surface area (Å²) < 4.78 is 5.51. The zero-order valence-electron chi connectivity index (χ0n) is 11.1. The number of hydrogen-bond acceptors (Lipinski definition) is 3. The highest BCUT2D eigenvalue weighted by Gasteiger charge is 2.11. The van der Waals surface area contributed by atoms with E-state index in [-0.39, 0.29) is 0 Å². The molecule has 1 aromatic carbocycles. The van der Waals surface area contributed by atoms with Gasteiger partial charge in [-0.25, -0.2) is 4.79 Å². The Morgan fingerprint density at radius 2 is 1.95 bits per heavy atom. The number of carboxylic acid groups (broad SMARTS) is 1. The van der Waals surface area contributed by atoms with E-state index in [0.29, 0.717) is 18.7 Å². The van der Waals surface area contributed by atoms with Crippen molar-refractivity contribution in [2.24, 2.45) is 0 Å². The molecule has 0 aliphatic carbocycles. The summed E-state index contributed by atoms with van der Waals surface area (Å²) in [6.07, 6.45) is 0. The molecule has 4 heteroatoms. The van der Waals surface area contributed by atoms with Gasteiger partial charge in [-0.2, -0.15) is 0 Å². The first-order valence-electron chi connectivity index (χ1n) is 6.11. The molecule has 4 nitrogen and oxygen atoms in total. The molecule has 2 rings (SSSR count). The smallest absolute Gasteiger partial charge is 0.336 e. The summed E-state index contributed by atoms with van der Waals surface area (Å²) in [5.41, 5.74) is 1.16. The van der Waals surface area contributed by atoms with Crippen LogP contribution in [-0.4, -0.2) is 23.0 Å².